The van der Waals surface area contributed by atoms with Gasteiger partial charge >= 0.3 is 6.18 Å². The van der Waals surface area contributed by atoms with Crippen LogP contribution in [0.2, 0.25) is 0 Å². The molecule has 2 nitrogen and oxygen atoms in total. The third-order valence-electron chi connectivity index (χ3n) is 3.23. The van der Waals surface area contributed by atoms with Crippen LogP contribution >= 0.6 is 15.9 Å². The first-order valence-corrected chi connectivity index (χ1v) is 7.27. The number of alkyl halides is 3. The molecule has 0 radical (unpaired) electrons. The van der Waals surface area contributed by atoms with Gasteiger partial charge in [0.15, 0.2) is 0 Å². The van der Waals surface area contributed by atoms with Crippen LogP contribution in [0.1, 0.15) is 11.3 Å². The molecule has 3 aromatic rings. The SMILES string of the molecule is Cc1cc2c(Oc3cccc(C(F)(F)F)c3)ccc(Br)c2[nH]1. The predicted molar refractivity (Wildman–Crippen MR) is 82.3 cm³/mol. The van der Waals surface area contributed by atoms with Crippen LogP contribution in [0, 0.1) is 6.92 Å². The van der Waals surface area contributed by atoms with Crippen molar-refractivity contribution >= 4 is 26.8 Å². The van der Waals surface area contributed by atoms with E-state index in [2.05, 4.69) is 20.9 Å². The largest absolute Gasteiger partial charge is 0.457 e. The summed E-state index contributed by atoms with van der Waals surface area (Å²) >= 11 is 3.43. The molecule has 0 aliphatic rings. The lowest BCUT2D eigenvalue weighted by Crippen LogP contribution is -2.04. The van der Waals surface area contributed by atoms with Crippen molar-refractivity contribution in [3.8, 4) is 11.5 Å². The molecule has 1 N–H and O–H groups in total. The maximum absolute atomic E-state index is 12.7. The van der Waals surface area contributed by atoms with Gasteiger partial charge in [-0.1, -0.05) is 6.07 Å². The van der Waals surface area contributed by atoms with Crippen molar-refractivity contribution in [1.29, 1.82) is 0 Å². The number of halogens is 4. The normalized spacial score (nSPS) is 11.9. The zero-order chi connectivity index (χ0) is 15.9. The van der Waals surface area contributed by atoms with E-state index in [0.29, 0.717) is 5.75 Å². The quantitative estimate of drug-likeness (QED) is 0.584. The van der Waals surface area contributed by atoms with Crippen LogP contribution < -0.4 is 4.74 Å². The van der Waals surface area contributed by atoms with Crippen molar-refractivity contribution < 1.29 is 17.9 Å². The average molecular weight is 370 g/mol. The second-order valence-corrected chi connectivity index (χ2v) is 5.77. The zero-order valence-corrected chi connectivity index (χ0v) is 13.0. The fourth-order valence-corrected chi connectivity index (χ4v) is 2.69. The van der Waals surface area contributed by atoms with E-state index in [4.69, 9.17) is 4.74 Å². The number of hydrogen-bond acceptors (Lipinski definition) is 1. The average Bonchev–Trinajstić information content (AvgIpc) is 2.84. The number of H-pyrrole nitrogens is 1. The summed E-state index contributed by atoms with van der Waals surface area (Å²) in [7, 11) is 0. The number of aromatic nitrogens is 1. The first-order valence-electron chi connectivity index (χ1n) is 6.47. The molecule has 0 saturated heterocycles. The molecule has 0 spiro atoms. The molecule has 0 aliphatic heterocycles. The highest BCUT2D eigenvalue weighted by molar-refractivity contribution is 9.10. The maximum Gasteiger partial charge on any atom is 0.416 e. The second kappa shape index (κ2) is 5.35. The topological polar surface area (TPSA) is 25.0 Å². The molecule has 6 heteroatoms. The smallest absolute Gasteiger partial charge is 0.416 e. The lowest BCUT2D eigenvalue weighted by Gasteiger charge is -2.11. The number of rotatable bonds is 2. The summed E-state index contributed by atoms with van der Waals surface area (Å²) in [6, 6.07) is 10.3. The molecular formula is C16H11BrF3NO. The van der Waals surface area contributed by atoms with E-state index in [9.17, 15) is 13.2 Å². The third-order valence-corrected chi connectivity index (χ3v) is 3.89. The number of nitrogens with one attached hydrogen (secondary N) is 1. The van der Waals surface area contributed by atoms with Crippen LogP contribution in [0.5, 0.6) is 11.5 Å². The highest BCUT2D eigenvalue weighted by atomic mass is 79.9. The summed E-state index contributed by atoms with van der Waals surface area (Å²) in [5, 5.41) is 0.810. The van der Waals surface area contributed by atoms with Crippen molar-refractivity contribution in [2.75, 3.05) is 0 Å². The first-order chi connectivity index (χ1) is 10.3. The van der Waals surface area contributed by atoms with Crippen molar-refractivity contribution in [2.24, 2.45) is 0 Å². The van der Waals surface area contributed by atoms with Crippen LogP contribution in [-0.4, -0.2) is 4.98 Å². The van der Waals surface area contributed by atoms with E-state index in [0.717, 1.165) is 33.2 Å². The molecule has 1 heterocycles. The molecule has 0 fully saturated rings. The molecular weight excluding hydrogens is 359 g/mol. The Morgan fingerprint density at radius 3 is 2.59 bits per heavy atom. The fraction of sp³-hybridized carbons (Fsp3) is 0.125. The molecule has 0 amide bonds. The van der Waals surface area contributed by atoms with Gasteiger partial charge in [0.1, 0.15) is 11.5 Å². The number of fused-ring (bicyclic) bond motifs is 1. The fourth-order valence-electron chi connectivity index (χ4n) is 2.25. The van der Waals surface area contributed by atoms with E-state index in [-0.39, 0.29) is 5.75 Å². The number of benzene rings is 2. The minimum atomic E-state index is -4.39. The first kappa shape index (κ1) is 15.0. The maximum atomic E-state index is 12.7. The van der Waals surface area contributed by atoms with E-state index in [1.165, 1.54) is 12.1 Å². The lowest BCUT2D eigenvalue weighted by molar-refractivity contribution is -0.137. The summed E-state index contributed by atoms with van der Waals surface area (Å²) in [4.78, 5) is 3.18. The van der Waals surface area contributed by atoms with Gasteiger partial charge in [0, 0.05) is 15.6 Å². The highest BCUT2D eigenvalue weighted by Crippen LogP contribution is 2.36. The highest BCUT2D eigenvalue weighted by Gasteiger charge is 2.30. The minimum absolute atomic E-state index is 0.150. The van der Waals surface area contributed by atoms with Gasteiger partial charge in [-0.05, 0) is 59.3 Å². The molecule has 0 aliphatic carbocycles. The number of ether oxygens (including phenoxy) is 1. The minimum Gasteiger partial charge on any atom is -0.457 e. The number of aromatic amines is 1. The Bertz CT molecular complexity index is 839. The Balaban J connectivity index is 2.02. The van der Waals surface area contributed by atoms with Gasteiger partial charge in [0.2, 0.25) is 0 Å². The van der Waals surface area contributed by atoms with Crippen LogP contribution in [0.15, 0.2) is 46.9 Å². The van der Waals surface area contributed by atoms with Crippen LogP contribution in [0.3, 0.4) is 0 Å². The van der Waals surface area contributed by atoms with Crippen LogP contribution in [-0.2, 0) is 6.18 Å². The van der Waals surface area contributed by atoms with Crippen LogP contribution in [0.4, 0.5) is 13.2 Å². The lowest BCUT2D eigenvalue weighted by atomic mass is 10.2. The molecule has 2 aromatic carbocycles. The molecule has 22 heavy (non-hydrogen) atoms. The Labute approximate surface area is 133 Å². The molecule has 0 bridgehead atoms. The van der Waals surface area contributed by atoms with E-state index in [1.54, 1.807) is 12.1 Å². The van der Waals surface area contributed by atoms with Gasteiger partial charge in [-0.25, -0.2) is 0 Å². The zero-order valence-electron chi connectivity index (χ0n) is 11.5. The predicted octanol–water partition coefficient (Wildman–Crippen LogP) is 6.05. The summed E-state index contributed by atoms with van der Waals surface area (Å²) in [5.74, 6) is 0.652. The van der Waals surface area contributed by atoms with E-state index in [1.807, 2.05) is 13.0 Å². The van der Waals surface area contributed by atoms with Gasteiger partial charge in [0.25, 0.3) is 0 Å². The summed E-state index contributed by atoms with van der Waals surface area (Å²) in [5.41, 5.74) is 1.06. The summed E-state index contributed by atoms with van der Waals surface area (Å²) in [6.45, 7) is 1.90. The van der Waals surface area contributed by atoms with E-state index >= 15 is 0 Å². The third kappa shape index (κ3) is 2.83. The van der Waals surface area contributed by atoms with Crippen molar-refractivity contribution in [3.05, 3.63) is 58.2 Å². The standard InChI is InChI=1S/C16H11BrF3NO/c1-9-7-12-14(6-5-13(17)15(12)21-9)22-11-4-2-3-10(8-11)16(18,19)20/h2-8,21H,1H3. The second-order valence-electron chi connectivity index (χ2n) is 4.91. The van der Waals surface area contributed by atoms with Crippen molar-refractivity contribution in [3.63, 3.8) is 0 Å². The molecule has 0 unspecified atom stereocenters. The van der Waals surface area contributed by atoms with Gasteiger partial charge in [-0.15, -0.1) is 0 Å². The Hall–Kier alpha value is -1.95. The van der Waals surface area contributed by atoms with Gasteiger partial charge in [0.05, 0.1) is 11.1 Å². The molecule has 0 saturated carbocycles. The molecule has 0 atom stereocenters. The Morgan fingerprint density at radius 1 is 1.09 bits per heavy atom. The number of aryl methyl sites for hydroxylation is 1. The molecule has 114 valence electrons. The molecule has 3 rings (SSSR count). The van der Waals surface area contributed by atoms with Gasteiger partial charge < -0.3 is 9.72 Å². The van der Waals surface area contributed by atoms with Crippen LogP contribution in [0.25, 0.3) is 10.9 Å². The monoisotopic (exact) mass is 369 g/mol. The van der Waals surface area contributed by atoms with Gasteiger partial charge in [-0.2, -0.15) is 13.2 Å². The summed E-state index contributed by atoms with van der Waals surface area (Å²) in [6.07, 6.45) is -4.39. The summed E-state index contributed by atoms with van der Waals surface area (Å²) < 4.78 is 44.8. The van der Waals surface area contributed by atoms with E-state index < -0.39 is 11.7 Å². The molecule has 1 aromatic heterocycles. The Morgan fingerprint density at radius 2 is 1.86 bits per heavy atom. The Kier molecular flexibility index (Phi) is 3.64. The van der Waals surface area contributed by atoms with Gasteiger partial charge in [-0.3, -0.25) is 0 Å². The van der Waals surface area contributed by atoms with Crippen molar-refractivity contribution in [1.82, 2.24) is 4.98 Å². The number of hydrogen-bond donors (Lipinski definition) is 1. The van der Waals surface area contributed by atoms with Crippen molar-refractivity contribution in [2.45, 2.75) is 13.1 Å².